The molecule has 1 heterocycles. The number of benzene rings is 1. The number of aryl methyl sites for hydroxylation is 2. The van der Waals surface area contributed by atoms with Gasteiger partial charge in [-0.3, -0.25) is 0 Å². The highest BCUT2D eigenvalue weighted by molar-refractivity contribution is 5.87. The summed E-state index contributed by atoms with van der Waals surface area (Å²) in [5, 5.41) is 1.22. The molecule has 3 nitrogen and oxygen atoms in total. The highest BCUT2D eigenvalue weighted by atomic mass is 16.5. The van der Waals surface area contributed by atoms with Gasteiger partial charge in [0.25, 0.3) is 0 Å². The first-order valence-corrected chi connectivity index (χ1v) is 6.37. The summed E-state index contributed by atoms with van der Waals surface area (Å²) in [6.07, 6.45) is 0. The molecule has 1 aromatic carbocycles. The minimum Gasteiger partial charge on any atom is -0.494 e. The molecule has 0 saturated carbocycles. The fourth-order valence-electron chi connectivity index (χ4n) is 2.78. The highest BCUT2D eigenvalue weighted by Crippen LogP contribution is 2.32. The summed E-state index contributed by atoms with van der Waals surface area (Å²) in [5.41, 5.74) is 9.53. The summed E-state index contributed by atoms with van der Waals surface area (Å²) in [6.45, 7) is 8.89. The topological polar surface area (TPSA) is 40.2 Å². The van der Waals surface area contributed by atoms with E-state index in [1.54, 1.807) is 0 Å². The first-order valence-electron chi connectivity index (χ1n) is 6.37. The van der Waals surface area contributed by atoms with Gasteiger partial charge in [-0.15, -0.1) is 0 Å². The number of fused-ring (bicyclic) bond motifs is 1. The zero-order valence-electron chi connectivity index (χ0n) is 11.9. The van der Waals surface area contributed by atoms with Crippen LogP contribution < -0.4 is 10.5 Å². The molecular formula is C15H22N2O. The van der Waals surface area contributed by atoms with Crippen LogP contribution in [0.25, 0.3) is 10.9 Å². The van der Waals surface area contributed by atoms with E-state index in [1.165, 1.54) is 22.2 Å². The van der Waals surface area contributed by atoms with Crippen LogP contribution in [-0.2, 0) is 12.6 Å². The van der Waals surface area contributed by atoms with Crippen molar-refractivity contribution in [1.82, 2.24) is 4.57 Å². The van der Waals surface area contributed by atoms with Crippen molar-refractivity contribution >= 4 is 10.9 Å². The van der Waals surface area contributed by atoms with Gasteiger partial charge in [0.15, 0.2) is 0 Å². The second-order valence-electron chi connectivity index (χ2n) is 5.37. The lowest BCUT2D eigenvalue weighted by atomic mass is 9.98. The van der Waals surface area contributed by atoms with Gasteiger partial charge in [0, 0.05) is 23.6 Å². The van der Waals surface area contributed by atoms with E-state index in [2.05, 4.69) is 30.7 Å². The largest absolute Gasteiger partial charge is 0.494 e. The van der Waals surface area contributed by atoms with E-state index in [-0.39, 0.29) is 5.54 Å². The Labute approximate surface area is 109 Å². The highest BCUT2D eigenvalue weighted by Gasteiger charge is 2.23. The van der Waals surface area contributed by atoms with Crippen LogP contribution in [0.3, 0.4) is 0 Å². The molecule has 0 aliphatic rings. The van der Waals surface area contributed by atoms with Gasteiger partial charge in [-0.1, -0.05) is 0 Å². The van der Waals surface area contributed by atoms with Crippen molar-refractivity contribution < 1.29 is 4.74 Å². The third-order valence-corrected chi connectivity index (χ3v) is 3.35. The Bertz CT molecular complexity index is 576. The van der Waals surface area contributed by atoms with Crippen LogP contribution in [0.15, 0.2) is 18.2 Å². The van der Waals surface area contributed by atoms with Crippen molar-refractivity contribution in [3.63, 3.8) is 0 Å². The molecule has 0 aliphatic carbocycles. The molecule has 98 valence electrons. The second kappa shape index (κ2) is 4.32. The van der Waals surface area contributed by atoms with E-state index in [1.807, 2.05) is 26.8 Å². The first kappa shape index (κ1) is 13.0. The fourth-order valence-corrected chi connectivity index (χ4v) is 2.78. The van der Waals surface area contributed by atoms with Crippen molar-refractivity contribution in [2.45, 2.75) is 33.2 Å². The molecule has 0 saturated heterocycles. The van der Waals surface area contributed by atoms with Gasteiger partial charge in [0.1, 0.15) is 5.75 Å². The van der Waals surface area contributed by atoms with Crippen LogP contribution in [0.1, 0.15) is 32.0 Å². The molecule has 0 spiro atoms. The number of aromatic nitrogens is 1. The molecule has 1 aromatic heterocycles. The van der Waals surface area contributed by atoms with E-state index in [9.17, 15) is 0 Å². The van der Waals surface area contributed by atoms with E-state index >= 15 is 0 Å². The summed E-state index contributed by atoms with van der Waals surface area (Å²) in [6, 6.07) is 6.21. The molecule has 0 bridgehead atoms. The Hall–Kier alpha value is -1.48. The van der Waals surface area contributed by atoms with Crippen LogP contribution in [0.5, 0.6) is 5.75 Å². The van der Waals surface area contributed by atoms with Gasteiger partial charge in [-0.25, -0.2) is 0 Å². The van der Waals surface area contributed by atoms with Gasteiger partial charge in [0.2, 0.25) is 0 Å². The smallest absolute Gasteiger partial charge is 0.120 e. The van der Waals surface area contributed by atoms with Crippen LogP contribution in [-0.4, -0.2) is 11.2 Å². The molecular weight excluding hydrogens is 224 g/mol. The number of ether oxygens (including phenoxy) is 1. The fraction of sp³-hybridized carbons (Fsp3) is 0.467. The molecule has 0 amide bonds. The summed E-state index contributed by atoms with van der Waals surface area (Å²) < 4.78 is 7.74. The molecule has 2 rings (SSSR count). The Morgan fingerprint density at radius 3 is 2.56 bits per heavy atom. The van der Waals surface area contributed by atoms with Crippen molar-refractivity contribution in [3.8, 4) is 5.75 Å². The number of hydrogen-bond acceptors (Lipinski definition) is 2. The third-order valence-electron chi connectivity index (χ3n) is 3.35. The van der Waals surface area contributed by atoms with Crippen molar-refractivity contribution in [2.75, 3.05) is 6.61 Å². The van der Waals surface area contributed by atoms with E-state index < -0.39 is 0 Å². The lowest BCUT2D eigenvalue weighted by Gasteiger charge is -2.21. The van der Waals surface area contributed by atoms with Gasteiger partial charge in [0.05, 0.1) is 12.1 Å². The zero-order valence-corrected chi connectivity index (χ0v) is 11.9. The summed E-state index contributed by atoms with van der Waals surface area (Å²) in [7, 11) is 2.07. The minimum absolute atomic E-state index is 0.344. The zero-order chi connectivity index (χ0) is 13.5. The minimum atomic E-state index is -0.344. The quantitative estimate of drug-likeness (QED) is 0.904. The predicted octanol–water partition coefficient (Wildman–Crippen LogP) is 3.08. The third kappa shape index (κ3) is 1.99. The first-order chi connectivity index (χ1) is 8.36. The average Bonchev–Trinajstić information content (AvgIpc) is 2.51. The lowest BCUT2D eigenvalue weighted by molar-refractivity contribution is 0.340. The van der Waals surface area contributed by atoms with Crippen LogP contribution in [0.4, 0.5) is 0 Å². The molecule has 0 radical (unpaired) electrons. The second-order valence-corrected chi connectivity index (χ2v) is 5.37. The molecule has 2 aromatic rings. The Morgan fingerprint density at radius 1 is 1.33 bits per heavy atom. The standard InChI is InChI=1S/C15H22N2O/c1-6-18-11-7-8-13-12(9-11)10(2)14(17(13)5)15(3,4)16/h7-9H,6,16H2,1-5H3. The van der Waals surface area contributed by atoms with Crippen LogP contribution in [0, 0.1) is 6.92 Å². The van der Waals surface area contributed by atoms with Crippen molar-refractivity contribution in [3.05, 3.63) is 29.5 Å². The van der Waals surface area contributed by atoms with Gasteiger partial charge in [-0.2, -0.15) is 0 Å². The number of nitrogens with zero attached hydrogens (tertiary/aromatic N) is 1. The Morgan fingerprint density at radius 2 is 2.00 bits per heavy atom. The summed E-state index contributed by atoms with van der Waals surface area (Å²) >= 11 is 0. The van der Waals surface area contributed by atoms with Gasteiger partial charge >= 0.3 is 0 Å². The normalized spacial score (nSPS) is 12.1. The maximum Gasteiger partial charge on any atom is 0.120 e. The lowest BCUT2D eigenvalue weighted by Crippen LogP contribution is -2.31. The molecule has 3 heteroatoms. The molecule has 0 atom stereocenters. The molecule has 0 fully saturated rings. The predicted molar refractivity (Wildman–Crippen MR) is 76.0 cm³/mol. The maximum atomic E-state index is 6.27. The molecule has 0 unspecified atom stereocenters. The number of hydrogen-bond donors (Lipinski definition) is 1. The van der Waals surface area contributed by atoms with Crippen LogP contribution in [0.2, 0.25) is 0 Å². The van der Waals surface area contributed by atoms with Crippen LogP contribution >= 0.6 is 0 Å². The average molecular weight is 246 g/mol. The maximum absolute atomic E-state index is 6.27. The Kier molecular flexibility index (Phi) is 3.11. The Balaban J connectivity index is 2.70. The van der Waals surface area contributed by atoms with E-state index in [4.69, 9.17) is 10.5 Å². The summed E-state index contributed by atoms with van der Waals surface area (Å²) in [5.74, 6) is 0.917. The molecule has 2 N–H and O–H groups in total. The SMILES string of the molecule is CCOc1ccc2c(c1)c(C)c(C(C)(C)N)n2C. The summed E-state index contributed by atoms with van der Waals surface area (Å²) in [4.78, 5) is 0. The monoisotopic (exact) mass is 246 g/mol. The molecule has 0 aliphatic heterocycles. The van der Waals surface area contributed by atoms with Crippen molar-refractivity contribution in [2.24, 2.45) is 12.8 Å². The molecule has 18 heavy (non-hydrogen) atoms. The van der Waals surface area contributed by atoms with E-state index in [0.29, 0.717) is 6.61 Å². The van der Waals surface area contributed by atoms with E-state index in [0.717, 1.165) is 5.75 Å². The van der Waals surface area contributed by atoms with Crippen molar-refractivity contribution in [1.29, 1.82) is 0 Å². The van der Waals surface area contributed by atoms with Gasteiger partial charge < -0.3 is 15.0 Å². The number of rotatable bonds is 3. The number of nitrogens with two attached hydrogens (primary N) is 1. The van der Waals surface area contributed by atoms with Gasteiger partial charge in [-0.05, 0) is 51.5 Å².